The van der Waals surface area contributed by atoms with E-state index in [0.717, 1.165) is 44.5 Å². The second-order valence-corrected chi connectivity index (χ2v) is 7.25. The van der Waals surface area contributed by atoms with Gasteiger partial charge in [0.1, 0.15) is 5.82 Å². The summed E-state index contributed by atoms with van der Waals surface area (Å²) in [6.45, 7) is 4.43. The zero-order valence-electron chi connectivity index (χ0n) is 18.0. The third-order valence-electron chi connectivity index (χ3n) is 5.25. The Hall–Kier alpha value is -2.30. The molecule has 1 saturated heterocycles. The maximum Gasteiger partial charge on any atom is 0.224 e. The van der Waals surface area contributed by atoms with Crippen LogP contribution in [0.4, 0.5) is 5.82 Å². The number of guanidine groups is 1. The van der Waals surface area contributed by atoms with Gasteiger partial charge < -0.3 is 24.6 Å². The van der Waals surface area contributed by atoms with Crippen LogP contribution in [0.25, 0.3) is 0 Å². The third kappa shape index (κ3) is 6.35. The van der Waals surface area contributed by atoms with Gasteiger partial charge in [-0.2, -0.15) is 0 Å². The fourth-order valence-corrected chi connectivity index (χ4v) is 3.53. The lowest BCUT2D eigenvalue weighted by atomic mass is 10.2. The van der Waals surface area contributed by atoms with Crippen molar-refractivity contribution in [2.45, 2.75) is 13.0 Å². The molecule has 0 spiro atoms. The van der Waals surface area contributed by atoms with Crippen LogP contribution in [0.3, 0.4) is 0 Å². The molecule has 2 aromatic rings. The van der Waals surface area contributed by atoms with Crippen molar-refractivity contribution in [2.24, 2.45) is 12.0 Å². The van der Waals surface area contributed by atoms with Crippen LogP contribution in [0.2, 0.25) is 0 Å². The molecule has 3 rings (SSSR count). The predicted octanol–water partition coefficient (Wildman–Crippen LogP) is 1.78. The lowest BCUT2D eigenvalue weighted by Crippen LogP contribution is -2.49. The number of hydrogen-bond donors (Lipinski definition) is 1. The molecule has 0 aromatic carbocycles. The van der Waals surface area contributed by atoms with Gasteiger partial charge >= 0.3 is 0 Å². The van der Waals surface area contributed by atoms with E-state index in [2.05, 4.69) is 35.7 Å². The molecule has 0 unspecified atom stereocenters. The molecule has 9 heteroatoms. The molecule has 0 radical (unpaired) electrons. The predicted molar refractivity (Wildman–Crippen MR) is 131 cm³/mol. The van der Waals surface area contributed by atoms with Crippen LogP contribution in [0.5, 0.6) is 0 Å². The van der Waals surface area contributed by atoms with Gasteiger partial charge in [-0.15, -0.1) is 24.0 Å². The van der Waals surface area contributed by atoms with Gasteiger partial charge in [0.2, 0.25) is 5.91 Å². The fraction of sp³-hybridized carbons (Fsp3) is 0.476. The van der Waals surface area contributed by atoms with E-state index in [-0.39, 0.29) is 29.9 Å². The number of amides is 1. The summed E-state index contributed by atoms with van der Waals surface area (Å²) in [5, 5.41) is 3.30. The van der Waals surface area contributed by atoms with Gasteiger partial charge in [-0.3, -0.25) is 9.79 Å². The van der Waals surface area contributed by atoms with E-state index < -0.39 is 0 Å². The molecule has 0 atom stereocenters. The first kappa shape index (κ1) is 24.0. The quantitative estimate of drug-likeness (QED) is 0.354. The number of carbonyl (C=O) groups is 1. The van der Waals surface area contributed by atoms with E-state index in [4.69, 9.17) is 0 Å². The average Bonchev–Trinajstić information content (AvgIpc) is 3.16. The second kappa shape index (κ2) is 11.8. The number of piperazine rings is 1. The molecular formula is C21H32IN7O. The summed E-state index contributed by atoms with van der Waals surface area (Å²) in [4.78, 5) is 27.5. The zero-order valence-corrected chi connectivity index (χ0v) is 20.3. The van der Waals surface area contributed by atoms with Crippen LogP contribution in [0.15, 0.2) is 47.7 Å². The van der Waals surface area contributed by atoms with E-state index in [1.807, 2.05) is 49.5 Å². The molecule has 0 saturated carbocycles. The number of halogens is 1. The van der Waals surface area contributed by atoms with Crippen LogP contribution in [-0.2, 0) is 18.4 Å². The van der Waals surface area contributed by atoms with Gasteiger partial charge in [-0.25, -0.2) is 4.98 Å². The Bertz CT molecular complexity index is 816. The maximum absolute atomic E-state index is 12.6. The first-order valence-corrected chi connectivity index (χ1v) is 10.0. The Morgan fingerprint density at radius 2 is 1.97 bits per heavy atom. The van der Waals surface area contributed by atoms with Crippen molar-refractivity contribution in [3.05, 3.63) is 48.4 Å². The highest BCUT2D eigenvalue weighted by atomic mass is 127. The third-order valence-corrected chi connectivity index (χ3v) is 5.25. The molecule has 1 aliphatic heterocycles. The van der Waals surface area contributed by atoms with Crippen molar-refractivity contribution in [3.8, 4) is 0 Å². The number of carbonyl (C=O) groups excluding carboxylic acids is 1. The van der Waals surface area contributed by atoms with Crippen molar-refractivity contribution in [2.75, 3.05) is 51.7 Å². The van der Waals surface area contributed by atoms with Crippen molar-refractivity contribution in [1.29, 1.82) is 0 Å². The number of anilines is 1. The molecule has 30 heavy (non-hydrogen) atoms. The molecule has 2 aromatic heterocycles. The Kier molecular flexibility index (Phi) is 9.41. The standard InChI is InChI=1S/C21H31N7O.HI/c1-22-21(26(3)17-18-7-6-12-25(18)2)24-11-9-20(29)28-15-13-27(14-16-28)19-8-4-5-10-23-19;/h4-8,10,12H,9,11,13-17H2,1-3H3,(H,22,24);1H. The summed E-state index contributed by atoms with van der Waals surface area (Å²) < 4.78 is 2.10. The molecule has 164 valence electrons. The number of aromatic nitrogens is 2. The Labute approximate surface area is 196 Å². The molecule has 0 bridgehead atoms. The maximum atomic E-state index is 12.6. The highest BCUT2D eigenvalue weighted by Gasteiger charge is 2.21. The number of rotatable bonds is 6. The van der Waals surface area contributed by atoms with Gasteiger partial charge in [-0.05, 0) is 24.3 Å². The fourth-order valence-electron chi connectivity index (χ4n) is 3.53. The van der Waals surface area contributed by atoms with Crippen molar-refractivity contribution in [1.82, 2.24) is 24.7 Å². The van der Waals surface area contributed by atoms with Gasteiger partial charge in [-0.1, -0.05) is 6.07 Å². The minimum atomic E-state index is 0. The summed E-state index contributed by atoms with van der Waals surface area (Å²) in [6.07, 6.45) is 4.30. The SMILES string of the molecule is CN=C(NCCC(=O)N1CCN(c2ccccn2)CC1)N(C)Cc1cccn1C.I. The largest absolute Gasteiger partial charge is 0.356 e. The van der Waals surface area contributed by atoms with Crippen LogP contribution >= 0.6 is 24.0 Å². The highest BCUT2D eigenvalue weighted by molar-refractivity contribution is 14.0. The number of nitrogens with one attached hydrogen (secondary N) is 1. The molecule has 1 amide bonds. The summed E-state index contributed by atoms with van der Waals surface area (Å²) >= 11 is 0. The lowest BCUT2D eigenvalue weighted by molar-refractivity contribution is -0.131. The molecule has 1 fully saturated rings. The molecule has 3 heterocycles. The van der Waals surface area contributed by atoms with E-state index >= 15 is 0 Å². The van der Waals surface area contributed by atoms with E-state index in [0.29, 0.717) is 13.0 Å². The van der Waals surface area contributed by atoms with Crippen molar-refractivity contribution in [3.63, 3.8) is 0 Å². The summed E-state index contributed by atoms with van der Waals surface area (Å²) in [5.41, 5.74) is 1.21. The smallest absolute Gasteiger partial charge is 0.224 e. The Morgan fingerprint density at radius 1 is 1.20 bits per heavy atom. The monoisotopic (exact) mass is 525 g/mol. The van der Waals surface area contributed by atoms with Gasteiger partial charge in [0.15, 0.2) is 5.96 Å². The van der Waals surface area contributed by atoms with Gasteiger partial charge in [0.05, 0.1) is 6.54 Å². The average molecular weight is 525 g/mol. The van der Waals surface area contributed by atoms with Crippen molar-refractivity contribution >= 4 is 41.7 Å². The first-order chi connectivity index (χ1) is 14.1. The summed E-state index contributed by atoms with van der Waals surface area (Å²) in [5.74, 6) is 1.95. The highest BCUT2D eigenvalue weighted by Crippen LogP contribution is 2.13. The normalized spacial score (nSPS) is 14.3. The number of pyridine rings is 1. The number of aliphatic imine (C=N–C) groups is 1. The Balaban J connectivity index is 0.00000320. The van der Waals surface area contributed by atoms with Gasteiger partial charge in [0, 0.05) is 78.4 Å². The number of hydrogen-bond acceptors (Lipinski definition) is 4. The van der Waals surface area contributed by atoms with Crippen LogP contribution in [0.1, 0.15) is 12.1 Å². The van der Waals surface area contributed by atoms with Crippen molar-refractivity contribution < 1.29 is 4.79 Å². The molecule has 1 N–H and O–H groups in total. The number of nitrogens with zero attached hydrogens (tertiary/aromatic N) is 6. The molecule has 1 aliphatic rings. The zero-order chi connectivity index (χ0) is 20.6. The van der Waals surface area contributed by atoms with E-state index in [9.17, 15) is 4.79 Å². The summed E-state index contributed by atoms with van der Waals surface area (Å²) in [7, 11) is 5.80. The number of aryl methyl sites for hydroxylation is 1. The lowest BCUT2D eigenvalue weighted by Gasteiger charge is -2.35. The molecular weight excluding hydrogens is 493 g/mol. The molecule has 0 aliphatic carbocycles. The topological polar surface area (TPSA) is 69.0 Å². The van der Waals surface area contributed by atoms with E-state index in [1.165, 1.54) is 5.69 Å². The Morgan fingerprint density at radius 3 is 2.57 bits per heavy atom. The van der Waals surface area contributed by atoms with Crippen LogP contribution < -0.4 is 10.2 Å². The minimum absolute atomic E-state index is 0. The van der Waals surface area contributed by atoms with E-state index in [1.54, 1.807) is 13.2 Å². The summed E-state index contributed by atoms with van der Waals surface area (Å²) in [6, 6.07) is 10.1. The molecule has 8 nitrogen and oxygen atoms in total. The van der Waals surface area contributed by atoms with Crippen LogP contribution in [-0.4, -0.2) is 78.0 Å². The minimum Gasteiger partial charge on any atom is -0.356 e. The van der Waals surface area contributed by atoms with Crippen LogP contribution in [0, 0.1) is 0 Å². The van der Waals surface area contributed by atoms with Gasteiger partial charge in [0.25, 0.3) is 0 Å². The second-order valence-electron chi connectivity index (χ2n) is 7.25. The first-order valence-electron chi connectivity index (χ1n) is 10.0.